The fourth-order valence-electron chi connectivity index (χ4n) is 7.69. The third kappa shape index (κ3) is 13.5. The average molecular weight is 858 g/mol. The molecule has 61 heavy (non-hydrogen) atoms. The van der Waals surface area contributed by atoms with Crippen molar-refractivity contribution in [2.45, 2.75) is 149 Å². The molecule has 340 valence electrons. The Morgan fingerprint density at radius 1 is 0.951 bits per heavy atom. The van der Waals surface area contributed by atoms with Gasteiger partial charge < -0.3 is 45.1 Å². The summed E-state index contributed by atoms with van der Waals surface area (Å²) in [6.45, 7) is 14.7. The third-order valence-electron chi connectivity index (χ3n) is 11.6. The molecule has 0 spiro atoms. The Balaban J connectivity index is 2.17. The molecule has 17 heteroatoms. The highest BCUT2D eigenvalue weighted by atomic mass is 16.6. The van der Waals surface area contributed by atoms with Gasteiger partial charge in [-0.25, -0.2) is 4.79 Å². The first kappa shape index (κ1) is 50.3. The number of aliphatic hydroxyl groups is 1. The number of fused-ring (bicyclic) bond motifs is 1. The third-order valence-corrected chi connectivity index (χ3v) is 11.6. The number of carbonyl (C=O) groups is 8. The van der Waals surface area contributed by atoms with Crippen molar-refractivity contribution in [3.63, 3.8) is 0 Å². The van der Waals surface area contributed by atoms with Crippen LogP contribution in [0.15, 0.2) is 24.3 Å². The zero-order valence-corrected chi connectivity index (χ0v) is 37.5. The Morgan fingerprint density at radius 3 is 2.15 bits per heavy atom. The molecule has 2 fully saturated rings. The zero-order valence-electron chi connectivity index (χ0n) is 37.5. The summed E-state index contributed by atoms with van der Waals surface area (Å²) in [4.78, 5) is 113. The number of hydrogen-bond acceptors (Lipinski definition) is 12. The number of nitrogens with one attached hydrogen (secondary N) is 3. The van der Waals surface area contributed by atoms with Crippen LogP contribution in [0.1, 0.15) is 100.0 Å². The number of carbonyl (C=O) groups excluding carboxylic acids is 8. The van der Waals surface area contributed by atoms with Crippen molar-refractivity contribution in [3.05, 3.63) is 29.8 Å². The predicted octanol–water partition coefficient (Wildman–Crippen LogP) is 2.09. The Kier molecular flexibility index (Phi) is 18.7. The summed E-state index contributed by atoms with van der Waals surface area (Å²) in [7, 11) is 2.94. The van der Waals surface area contributed by atoms with Crippen LogP contribution in [0.2, 0.25) is 0 Å². The van der Waals surface area contributed by atoms with Gasteiger partial charge in [0.1, 0.15) is 36.0 Å². The van der Waals surface area contributed by atoms with Gasteiger partial charge in [-0.3, -0.25) is 33.6 Å². The summed E-state index contributed by atoms with van der Waals surface area (Å²) in [5.41, 5.74) is 0.634. The fourth-order valence-corrected chi connectivity index (χ4v) is 7.69. The molecule has 2 heterocycles. The van der Waals surface area contributed by atoms with E-state index in [-0.39, 0.29) is 31.7 Å². The summed E-state index contributed by atoms with van der Waals surface area (Å²) >= 11 is 0. The average Bonchev–Trinajstić information content (AvgIpc) is 3.70. The molecule has 1 aromatic rings. The summed E-state index contributed by atoms with van der Waals surface area (Å²) < 4.78 is 16.8. The zero-order chi connectivity index (χ0) is 45.9. The van der Waals surface area contributed by atoms with Crippen molar-refractivity contribution in [1.82, 2.24) is 25.8 Å². The maximum absolute atomic E-state index is 14.5. The number of cyclic esters (lactones) is 2. The maximum Gasteiger partial charge on any atom is 0.329 e. The molecule has 10 atom stereocenters. The number of nitrogens with zero attached hydrogens (tertiary/aromatic N) is 2. The summed E-state index contributed by atoms with van der Waals surface area (Å²) in [5, 5.41) is 19.4. The van der Waals surface area contributed by atoms with Gasteiger partial charge in [0.05, 0.1) is 31.6 Å². The van der Waals surface area contributed by atoms with Crippen LogP contribution < -0.4 is 20.7 Å². The van der Waals surface area contributed by atoms with Crippen LogP contribution >= 0.6 is 0 Å². The Labute approximate surface area is 359 Å². The normalized spacial score (nSPS) is 28.8. The molecular weight excluding hydrogens is 791 g/mol. The molecular formula is C44H67N5O12. The molecule has 0 aromatic heterocycles. The van der Waals surface area contributed by atoms with Crippen molar-refractivity contribution in [2.75, 3.05) is 20.7 Å². The van der Waals surface area contributed by atoms with E-state index >= 15 is 0 Å². The lowest BCUT2D eigenvalue weighted by atomic mass is 9.91. The minimum atomic E-state index is -1.53. The number of esters is 2. The molecule has 0 aliphatic carbocycles. The number of ketones is 1. The highest BCUT2D eigenvalue weighted by Gasteiger charge is 2.44. The SMILES string of the molecule is CC[C@H](C)[C@H]1NC(=O)[C@@H](NC(C)=O)[C@H](C)OC(=O)[C@H](Cc2ccc(OC)cc2)N(C)C(=O)[C@@H]2CCCN2C(=O)[C@@H](CC(C)C)NC(=O)[C@@H](C)C(=O)[C@@H](C(C)C)OC(=O)C[C@H]1O. The molecule has 1 aromatic carbocycles. The number of methoxy groups -OCH3 is 1. The maximum atomic E-state index is 14.5. The van der Waals surface area contributed by atoms with E-state index in [0.29, 0.717) is 24.2 Å². The number of benzene rings is 1. The summed E-state index contributed by atoms with van der Waals surface area (Å²) in [6, 6.07) is 0.873. The monoisotopic (exact) mass is 857 g/mol. The van der Waals surface area contributed by atoms with Crippen molar-refractivity contribution in [2.24, 2.45) is 23.7 Å². The lowest BCUT2D eigenvalue weighted by Gasteiger charge is -2.35. The minimum Gasteiger partial charge on any atom is -0.497 e. The first-order valence-electron chi connectivity index (χ1n) is 21.3. The van der Waals surface area contributed by atoms with Crippen LogP contribution in [0.25, 0.3) is 0 Å². The number of rotatable bonds is 9. The quantitative estimate of drug-likeness (QED) is 0.207. The number of aliphatic hydroxyl groups excluding tert-OH is 1. The van der Waals surface area contributed by atoms with E-state index in [4.69, 9.17) is 14.2 Å². The molecule has 2 saturated heterocycles. The van der Waals surface area contributed by atoms with Gasteiger partial charge in [-0.2, -0.15) is 0 Å². The molecule has 4 N–H and O–H groups in total. The Hall–Kier alpha value is -5.06. The van der Waals surface area contributed by atoms with Crippen LogP contribution in [-0.2, 0) is 54.3 Å². The molecule has 0 bridgehead atoms. The van der Waals surface area contributed by atoms with Crippen molar-refractivity contribution >= 4 is 47.3 Å². The predicted molar refractivity (Wildman–Crippen MR) is 223 cm³/mol. The van der Waals surface area contributed by atoms with Crippen molar-refractivity contribution in [3.8, 4) is 5.75 Å². The fraction of sp³-hybridized carbons (Fsp3) is 0.682. The molecule has 0 unspecified atom stereocenters. The van der Waals surface area contributed by atoms with Gasteiger partial charge in [0, 0.05) is 26.9 Å². The summed E-state index contributed by atoms with van der Waals surface area (Å²) in [6.07, 6.45) is -3.56. The lowest BCUT2D eigenvalue weighted by molar-refractivity contribution is -0.163. The van der Waals surface area contributed by atoms with Crippen LogP contribution in [0.4, 0.5) is 0 Å². The molecule has 5 amide bonds. The second-order valence-corrected chi connectivity index (χ2v) is 17.2. The Morgan fingerprint density at radius 2 is 1.59 bits per heavy atom. The number of hydrogen-bond donors (Lipinski definition) is 4. The van der Waals surface area contributed by atoms with Gasteiger partial charge in [0.25, 0.3) is 0 Å². The van der Waals surface area contributed by atoms with Gasteiger partial charge >= 0.3 is 11.9 Å². The van der Waals surface area contributed by atoms with E-state index in [1.165, 1.54) is 44.7 Å². The molecule has 3 rings (SSSR count). The van der Waals surface area contributed by atoms with E-state index < -0.39 is 120 Å². The Bertz CT molecular complexity index is 1730. The smallest absolute Gasteiger partial charge is 0.329 e. The molecule has 2 aliphatic heterocycles. The second-order valence-electron chi connectivity index (χ2n) is 17.2. The number of Topliss-reactive ketones (excluding diaryl/α,β-unsaturated/α-hetero) is 1. The van der Waals surface area contributed by atoms with E-state index in [9.17, 15) is 43.5 Å². The lowest BCUT2D eigenvalue weighted by Crippen LogP contribution is -2.59. The van der Waals surface area contributed by atoms with Crippen LogP contribution in [0, 0.1) is 23.7 Å². The molecule has 0 radical (unpaired) electrons. The largest absolute Gasteiger partial charge is 0.497 e. The van der Waals surface area contributed by atoms with Gasteiger partial charge in [-0.15, -0.1) is 0 Å². The summed E-state index contributed by atoms with van der Waals surface area (Å²) in [5.74, 6) is -7.79. The second kappa shape index (κ2) is 22.7. The standard InChI is InChI=1S/C44H67N5O12/c1-12-25(6)36-34(51)22-35(52)61-39(24(4)5)38(53)26(7)40(54)46-31(20-23(2)3)42(56)49-19-13-14-32(49)43(57)48(10)33(21-29-15-17-30(59-11)18-16-29)44(58)60-27(8)37(41(55)47-36)45-28(9)50/h15-18,23-27,31-34,36-37,39,51H,12-14,19-22H2,1-11H3,(H,45,50)(H,46,54)(H,47,55)/t25-,26-,27-,31+,32-,33-,34+,36+,37-,39+/m0/s1. The van der Waals surface area contributed by atoms with Crippen molar-refractivity contribution < 1.29 is 57.7 Å². The van der Waals surface area contributed by atoms with E-state index in [1.807, 2.05) is 20.8 Å². The molecule has 0 saturated carbocycles. The minimum absolute atomic E-state index is 0.0385. The van der Waals surface area contributed by atoms with Crippen LogP contribution in [0.5, 0.6) is 5.75 Å². The van der Waals surface area contributed by atoms with Crippen LogP contribution in [0.3, 0.4) is 0 Å². The van der Waals surface area contributed by atoms with E-state index in [1.54, 1.807) is 45.0 Å². The first-order chi connectivity index (χ1) is 28.6. The van der Waals surface area contributed by atoms with E-state index in [2.05, 4.69) is 16.0 Å². The number of likely N-dealkylation sites (N-methyl/N-ethyl adjacent to an activating group) is 1. The molecule has 17 nitrogen and oxygen atoms in total. The number of ether oxygens (including phenoxy) is 3. The van der Waals surface area contributed by atoms with Gasteiger partial charge in [-0.1, -0.05) is 60.1 Å². The molecule has 2 aliphatic rings. The van der Waals surface area contributed by atoms with Crippen molar-refractivity contribution in [1.29, 1.82) is 0 Å². The topological polar surface area (TPSA) is 227 Å². The van der Waals surface area contributed by atoms with Crippen LogP contribution in [-0.4, -0.2) is 131 Å². The van der Waals surface area contributed by atoms with Gasteiger partial charge in [0.2, 0.25) is 29.5 Å². The number of amides is 5. The van der Waals surface area contributed by atoms with Gasteiger partial charge in [0.15, 0.2) is 11.9 Å². The highest BCUT2D eigenvalue weighted by molar-refractivity contribution is 6.05. The van der Waals surface area contributed by atoms with E-state index in [0.717, 1.165) is 0 Å². The van der Waals surface area contributed by atoms with Gasteiger partial charge in [-0.05, 0) is 68.6 Å². The highest BCUT2D eigenvalue weighted by Crippen LogP contribution is 2.25. The first-order valence-corrected chi connectivity index (χ1v) is 21.3.